The lowest BCUT2D eigenvalue weighted by Gasteiger charge is -2.18. The minimum atomic E-state index is -0.577. The van der Waals surface area contributed by atoms with E-state index in [1.54, 1.807) is 7.11 Å². The Morgan fingerprint density at radius 1 is 1.08 bits per heavy atom. The number of hydrogen-bond donors (Lipinski definition) is 3. The van der Waals surface area contributed by atoms with Crippen molar-refractivity contribution in [3.8, 4) is 5.75 Å². The summed E-state index contributed by atoms with van der Waals surface area (Å²) in [6, 6.07) is 15.3. The summed E-state index contributed by atoms with van der Waals surface area (Å²) in [5, 5.41) is 16.2. The minimum absolute atomic E-state index is 0.102. The normalized spacial score (nSPS) is 26.6. The SMILES string of the molecule is COc1ccccc1[C@@H]1C[C@@H]1NC(=O)N[C@@H]1c2ccccc2C[C@@H]1O. The Morgan fingerprint density at radius 3 is 2.60 bits per heavy atom. The number of rotatable bonds is 4. The molecule has 0 radical (unpaired) electrons. The zero-order chi connectivity index (χ0) is 17.4. The maximum atomic E-state index is 12.4. The van der Waals surface area contributed by atoms with Crippen molar-refractivity contribution in [2.45, 2.75) is 36.9 Å². The highest BCUT2D eigenvalue weighted by atomic mass is 16.5. The second kappa shape index (κ2) is 6.41. The van der Waals surface area contributed by atoms with Crippen LogP contribution < -0.4 is 15.4 Å². The number of hydrogen-bond acceptors (Lipinski definition) is 3. The van der Waals surface area contributed by atoms with Crippen LogP contribution in [-0.2, 0) is 6.42 Å². The first-order valence-corrected chi connectivity index (χ1v) is 8.63. The molecule has 3 N–H and O–H groups in total. The van der Waals surface area contributed by atoms with E-state index in [4.69, 9.17) is 4.74 Å². The molecule has 0 unspecified atom stereocenters. The first kappa shape index (κ1) is 16.0. The van der Waals surface area contributed by atoms with Crippen molar-refractivity contribution in [2.24, 2.45) is 0 Å². The molecule has 0 saturated heterocycles. The highest BCUT2D eigenvalue weighted by Gasteiger charge is 2.42. The van der Waals surface area contributed by atoms with E-state index in [2.05, 4.69) is 10.6 Å². The molecular weight excluding hydrogens is 316 g/mol. The van der Waals surface area contributed by atoms with Crippen LogP contribution in [0.5, 0.6) is 5.75 Å². The summed E-state index contributed by atoms with van der Waals surface area (Å²) >= 11 is 0. The van der Waals surface area contributed by atoms with Gasteiger partial charge in [-0.2, -0.15) is 0 Å². The lowest BCUT2D eigenvalue weighted by atomic mass is 10.1. The van der Waals surface area contributed by atoms with Crippen molar-refractivity contribution in [2.75, 3.05) is 7.11 Å². The number of carbonyl (C=O) groups is 1. The van der Waals surface area contributed by atoms with Gasteiger partial charge in [0.25, 0.3) is 0 Å². The molecule has 5 heteroatoms. The number of ether oxygens (including phenoxy) is 1. The number of fused-ring (bicyclic) bond motifs is 1. The number of carbonyl (C=O) groups excluding carboxylic acids is 1. The van der Waals surface area contributed by atoms with Gasteiger partial charge in [-0.05, 0) is 29.2 Å². The fourth-order valence-electron chi connectivity index (χ4n) is 3.77. The Kier molecular flexibility index (Phi) is 4.09. The molecule has 5 nitrogen and oxygen atoms in total. The Labute approximate surface area is 147 Å². The smallest absolute Gasteiger partial charge is 0.315 e. The molecule has 2 aliphatic carbocycles. The fourth-order valence-corrected chi connectivity index (χ4v) is 3.77. The van der Waals surface area contributed by atoms with E-state index in [-0.39, 0.29) is 24.0 Å². The summed E-state index contributed by atoms with van der Waals surface area (Å²) in [6.07, 6.45) is 0.902. The molecule has 2 aliphatic rings. The molecule has 2 aromatic rings. The molecule has 25 heavy (non-hydrogen) atoms. The third kappa shape index (κ3) is 3.07. The lowest BCUT2D eigenvalue weighted by molar-refractivity contribution is 0.142. The van der Waals surface area contributed by atoms with Gasteiger partial charge in [0.15, 0.2) is 0 Å². The third-order valence-electron chi connectivity index (χ3n) is 5.14. The summed E-state index contributed by atoms with van der Waals surface area (Å²) in [4.78, 5) is 12.4. The fraction of sp³-hybridized carbons (Fsp3) is 0.350. The molecule has 1 fully saturated rings. The van der Waals surface area contributed by atoms with Gasteiger partial charge in [-0.25, -0.2) is 4.79 Å². The van der Waals surface area contributed by atoms with Crippen LogP contribution in [0.1, 0.15) is 35.1 Å². The van der Waals surface area contributed by atoms with Gasteiger partial charge in [-0.3, -0.25) is 0 Å². The number of methoxy groups -OCH3 is 1. The zero-order valence-corrected chi connectivity index (χ0v) is 14.1. The molecule has 2 amide bonds. The summed E-state index contributed by atoms with van der Waals surface area (Å²) in [5.41, 5.74) is 3.22. The molecule has 0 bridgehead atoms. The number of amides is 2. The van der Waals surface area contributed by atoms with Crippen molar-refractivity contribution in [3.05, 3.63) is 65.2 Å². The van der Waals surface area contributed by atoms with Crippen LogP contribution in [0.4, 0.5) is 4.79 Å². The van der Waals surface area contributed by atoms with Gasteiger partial charge in [-0.1, -0.05) is 42.5 Å². The van der Waals surface area contributed by atoms with E-state index in [1.807, 2.05) is 48.5 Å². The minimum Gasteiger partial charge on any atom is -0.496 e. The van der Waals surface area contributed by atoms with Gasteiger partial charge in [0, 0.05) is 18.4 Å². The van der Waals surface area contributed by atoms with E-state index >= 15 is 0 Å². The van der Waals surface area contributed by atoms with Crippen LogP contribution >= 0.6 is 0 Å². The Bertz CT molecular complexity index is 792. The van der Waals surface area contributed by atoms with Gasteiger partial charge in [0.05, 0.1) is 19.3 Å². The number of nitrogens with one attached hydrogen (secondary N) is 2. The zero-order valence-electron chi connectivity index (χ0n) is 14.1. The Balaban J connectivity index is 1.38. The van der Waals surface area contributed by atoms with Crippen LogP contribution in [0, 0.1) is 0 Å². The van der Waals surface area contributed by atoms with E-state index in [0.717, 1.165) is 28.9 Å². The largest absolute Gasteiger partial charge is 0.496 e. The Morgan fingerprint density at radius 2 is 1.80 bits per heavy atom. The summed E-state index contributed by atoms with van der Waals surface area (Å²) in [5.74, 6) is 1.14. The average molecular weight is 338 g/mol. The second-order valence-corrected chi connectivity index (χ2v) is 6.76. The van der Waals surface area contributed by atoms with Gasteiger partial charge < -0.3 is 20.5 Å². The predicted octanol–water partition coefficient (Wildman–Crippen LogP) is 2.51. The molecule has 4 atom stereocenters. The number of benzene rings is 2. The monoisotopic (exact) mass is 338 g/mol. The second-order valence-electron chi connectivity index (χ2n) is 6.76. The average Bonchev–Trinajstić information content (AvgIpc) is 3.31. The molecule has 0 spiro atoms. The molecule has 2 aromatic carbocycles. The number of aliphatic hydroxyl groups excluding tert-OH is 1. The first-order chi connectivity index (χ1) is 12.2. The van der Waals surface area contributed by atoms with Crippen molar-refractivity contribution in [1.29, 1.82) is 0 Å². The number of aliphatic hydroxyl groups is 1. The molecule has 0 heterocycles. The maximum absolute atomic E-state index is 12.4. The molecule has 130 valence electrons. The lowest BCUT2D eigenvalue weighted by Crippen LogP contribution is -2.42. The van der Waals surface area contributed by atoms with Gasteiger partial charge in [-0.15, -0.1) is 0 Å². The summed E-state index contributed by atoms with van der Waals surface area (Å²) < 4.78 is 5.40. The van der Waals surface area contributed by atoms with E-state index in [0.29, 0.717) is 6.42 Å². The molecule has 1 saturated carbocycles. The molecule has 4 rings (SSSR count). The van der Waals surface area contributed by atoms with Gasteiger partial charge in [0.2, 0.25) is 0 Å². The van der Waals surface area contributed by atoms with Crippen LogP contribution in [-0.4, -0.2) is 30.4 Å². The standard InChI is InChI=1S/C20H22N2O3/c1-25-18-9-5-4-8-14(18)15-11-16(15)21-20(24)22-19-13-7-3-2-6-12(13)10-17(19)23/h2-9,15-17,19,23H,10-11H2,1H3,(H2,21,22,24)/t15-,16-,17-,19+/m0/s1. The number of para-hydroxylation sites is 1. The maximum Gasteiger partial charge on any atom is 0.315 e. The summed E-state index contributed by atoms with van der Waals surface area (Å²) in [6.45, 7) is 0. The van der Waals surface area contributed by atoms with Crippen LogP contribution in [0.25, 0.3) is 0 Å². The quantitative estimate of drug-likeness (QED) is 0.802. The first-order valence-electron chi connectivity index (χ1n) is 8.63. The van der Waals surface area contributed by atoms with Crippen LogP contribution in [0.2, 0.25) is 0 Å². The van der Waals surface area contributed by atoms with Crippen molar-refractivity contribution in [1.82, 2.24) is 10.6 Å². The third-order valence-corrected chi connectivity index (χ3v) is 5.14. The van der Waals surface area contributed by atoms with Crippen LogP contribution in [0.15, 0.2) is 48.5 Å². The highest BCUT2D eigenvalue weighted by molar-refractivity contribution is 5.76. The summed E-state index contributed by atoms with van der Waals surface area (Å²) in [7, 11) is 1.66. The predicted molar refractivity (Wildman–Crippen MR) is 94.7 cm³/mol. The molecular formula is C20H22N2O3. The van der Waals surface area contributed by atoms with E-state index < -0.39 is 6.10 Å². The van der Waals surface area contributed by atoms with E-state index in [1.165, 1.54) is 0 Å². The number of urea groups is 1. The van der Waals surface area contributed by atoms with Crippen molar-refractivity contribution >= 4 is 6.03 Å². The molecule has 0 aromatic heterocycles. The topological polar surface area (TPSA) is 70.6 Å². The highest BCUT2D eigenvalue weighted by Crippen LogP contribution is 2.44. The van der Waals surface area contributed by atoms with E-state index in [9.17, 15) is 9.90 Å². The van der Waals surface area contributed by atoms with Gasteiger partial charge in [0.1, 0.15) is 5.75 Å². The molecule has 0 aliphatic heterocycles. The van der Waals surface area contributed by atoms with Crippen molar-refractivity contribution < 1.29 is 14.6 Å². The Hall–Kier alpha value is -2.53. The van der Waals surface area contributed by atoms with Crippen molar-refractivity contribution in [3.63, 3.8) is 0 Å². The van der Waals surface area contributed by atoms with Crippen LogP contribution in [0.3, 0.4) is 0 Å². The van der Waals surface area contributed by atoms with Gasteiger partial charge >= 0.3 is 6.03 Å².